The standard InChI is InChI=1S/C24H23Cl2FN6O2/c1-13(19-17(25)4-5-18(27)20(19)26)35-22-21-15(10-30-23(22)29)16(11-34-21)14-6-8-33(9-7-14)24(31-12-28)32(2)3/h4-6,10-11,13H,7-9H2,1-3H3,(H2,29,30)/b31-24-/t13-/m1/s1. The summed E-state index contributed by atoms with van der Waals surface area (Å²) in [6.07, 6.45) is 7.19. The predicted molar refractivity (Wildman–Crippen MR) is 135 cm³/mol. The summed E-state index contributed by atoms with van der Waals surface area (Å²) in [6, 6.07) is 2.62. The number of nitrogens with zero attached hydrogens (tertiary/aromatic N) is 5. The molecule has 0 unspecified atom stereocenters. The van der Waals surface area contributed by atoms with Crippen LogP contribution in [-0.2, 0) is 0 Å². The van der Waals surface area contributed by atoms with Gasteiger partial charge in [-0.2, -0.15) is 5.26 Å². The van der Waals surface area contributed by atoms with Crippen molar-refractivity contribution in [3.63, 3.8) is 0 Å². The van der Waals surface area contributed by atoms with Gasteiger partial charge in [0.1, 0.15) is 11.9 Å². The minimum Gasteiger partial charge on any atom is -0.478 e. The van der Waals surface area contributed by atoms with Gasteiger partial charge in [0.05, 0.1) is 16.7 Å². The number of pyridine rings is 1. The van der Waals surface area contributed by atoms with Crippen LogP contribution in [0.15, 0.2) is 40.1 Å². The number of ether oxygens (including phenoxy) is 1. The van der Waals surface area contributed by atoms with Crippen molar-refractivity contribution >= 4 is 51.5 Å². The van der Waals surface area contributed by atoms with E-state index in [9.17, 15) is 4.39 Å². The molecule has 0 fully saturated rings. The molecule has 1 aliphatic rings. The molecule has 0 aliphatic carbocycles. The molecule has 2 aromatic heterocycles. The number of aromatic nitrogens is 1. The van der Waals surface area contributed by atoms with E-state index in [0.717, 1.165) is 16.5 Å². The summed E-state index contributed by atoms with van der Waals surface area (Å²) in [5.41, 5.74) is 8.78. The summed E-state index contributed by atoms with van der Waals surface area (Å²) in [5.74, 6) is 0.364. The van der Waals surface area contributed by atoms with Gasteiger partial charge in [0.25, 0.3) is 0 Å². The molecule has 3 aromatic rings. The molecule has 0 spiro atoms. The molecule has 1 atom stereocenters. The second-order valence-electron chi connectivity index (χ2n) is 8.21. The van der Waals surface area contributed by atoms with E-state index in [-0.39, 0.29) is 21.6 Å². The Morgan fingerprint density at radius 3 is 2.83 bits per heavy atom. The van der Waals surface area contributed by atoms with E-state index in [2.05, 4.69) is 16.1 Å². The van der Waals surface area contributed by atoms with Gasteiger partial charge >= 0.3 is 0 Å². The number of nitriles is 1. The Kier molecular flexibility index (Phi) is 7.05. The third-order valence-corrected chi connectivity index (χ3v) is 6.48. The third-order valence-electron chi connectivity index (χ3n) is 5.77. The smallest absolute Gasteiger partial charge is 0.212 e. The Hall–Kier alpha value is -3.48. The van der Waals surface area contributed by atoms with Crippen LogP contribution >= 0.6 is 23.2 Å². The zero-order valence-corrected chi connectivity index (χ0v) is 20.9. The van der Waals surface area contributed by atoms with Crippen molar-refractivity contribution in [2.24, 2.45) is 4.99 Å². The molecule has 1 aliphatic heterocycles. The maximum Gasteiger partial charge on any atom is 0.212 e. The average molecular weight is 517 g/mol. The van der Waals surface area contributed by atoms with Gasteiger partial charge in [0.15, 0.2) is 11.4 Å². The number of furan rings is 1. The van der Waals surface area contributed by atoms with Gasteiger partial charge in [-0.1, -0.05) is 29.3 Å². The molecule has 35 heavy (non-hydrogen) atoms. The first-order chi connectivity index (χ1) is 16.7. The Bertz CT molecular complexity index is 1380. The predicted octanol–water partition coefficient (Wildman–Crippen LogP) is 5.48. The first-order valence-electron chi connectivity index (χ1n) is 10.8. The number of anilines is 1. The summed E-state index contributed by atoms with van der Waals surface area (Å²) < 4.78 is 26.0. The molecule has 0 saturated carbocycles. The van der Waals surface area contributed by atoms with E-state index in [4.69, 9.17) is 43.4 Å². The second-order valence-corrected chi connectivity index (χ2v) is 9.00. The zero-order valence-electron chi connectivity index (χ0n) is 19.3. The fourth-order valence-corrected chi connectivity index (χ4v) is 4.77. The van der Waals surface area contributed by atoms with E-state index in [1.807, 2.05) is 30.1 Å². The van der Waals surface area contributed by atoms with Crippen molar-refractivity contribution in [3.8, 4) is 11.9 Å². The van der Waals surface area contributed by atoms with Crippen LogP contribution in [0, 0.1) is 17.3 Å². The number of guanidine groups is 1. The molecule has 0 radical (unpaired) electrons. The van der Waals surface area contributed by atoms with Crippen LogP contribution in [0.4, 0.5) is 10.2 Å². The Morgan fingerprint density at radius 2 is 2.17 bits per heavy atom. The molecule has 4 rings (SSSR count). The zero-order chi connectivity index (χ0) is 25.3. The summed E-state index contributed by atoms with van der Waals surface area (Å²) in [6.45, 7) is 2.95. The molecule has 8 nitrogen and oxygen atoms in total. The molecule has 182 valence electrons. The Labute approximate surface area is 212 Å². The number of halogens is 3. The van der Waals surface area contributed by atoms with E-state index < -0.39 is 11.9 Å². The molecule has 0 amide bonds. The SMILES string of the molecule is C[C@@H](Oc1c(N)ncc2c(C3=CCN(/C(=N\C#N)N(C)C)CC3)coc12)c1c(Cl)ccc(F)c1Cl. The second kappa shape index (κ2) is 10.0. The number of nitrogens with two attached hydrogens (primary N) is 1. The van der Waals surface area contributed by atoms with Gasteiger partial charge in [-0.05, 0) is 31.1 Å². The molecule has 0 bridgehead atoms. The van der Waals surface area contributed by atoms with Crippen molar-refractivity contribution in [1.29, 1.82) is 5.26 Å². The summed E-state index contributed by atoms with van der Waals surface area (Å²) in [4.78, 5) is 12.0. The number of hydrogen-bond donors (Lipinski definition) is 1. The van der Waals surface area contributed by atoms with Crippen LogP contribution in [0.5, 0.6) is 5.75 Å². The molecular weight excluding hydrogens is 494 g/mol. The highest BCUT2D eigenvalue weighted by molar-refractivity contribution is 6.36. The largest absolute Gasteiger partial charge is 0.478 e. The number of fused-ring (bicyclic) bond motifs is 1. The number of hydrogen-bond acceptors (Lipinski definition) is 6. The summed E-state index contributed by atoms with van der Waals surface area (Å²) >= 11 is 12.4. The fourth-order valence-electron chi connectivity index (χ4n) is 4.09. The van der Waals surface area contributed by atoms with Crippen LogP contribution in [0.1, 0.15) is 30.6 Å². The lowest BCUT2D eigenvalue weighted by atomic mass is 9.99. The Balaban J connectivity index is 1.65. The first kappa shape index (κ1) is 24.6. The minimum absolute atomic E-state index is 0.113. The van der Waals surface area contributed by atoms with Crippen LogP contribution in [-0.4, -0.2) is 47.9 Å². The molecule has 11 heteroatoms. The van der Waals surface area contributed by atoms with Crippen molar-refractivity contribution in [1.82, 2.24) is 14.8 Å². The first-order valence-corrected chi connectivity index (χ1v) is 11.5. The highest BCUT2D eigenvalue weighted by atomic mass is 35.5. The number of rotatable bonds is 4. The van der Waals surface area contributed by atoms with E-state index in [1.165, 1.54) is 12.1 Å². The van der Waals surface area contributed by atoms with Gasteiger partial charge in [-0.3, -0.25) is 0 Å². The third kappa shape index (κ3) is 4.72. The van der Waals surface area contributed by atoms with Crippen molar-refractivity contribution in [3.05, 3.63) is 57.7 Å². The monoisotopic (exact) mass is 516 g/mol. The van der Waals surface area contributed by atoms with Gasteiger partial charge in [0.2, 0.25) is 17.9 Å². The topological polar surface area (TPSA) is 104 Å². The van der Waals surface area contributed by atoms with Gasteiger partial charge in [-0.25, -0.2) is 9.37 Å². The number of nitrogen functional groups attached to an aromatic ring is 1. The molecule has 1 aromatic carbocycles. The van der Waals surface area contributed by atoms with Crippen LogP contribution in [0.3, 0.4) is 0 Å². The normalized spacial score (nSPS) is 15.1. The van der Waals surface area contributed by atoms with E-state index in [0.29, 0.717) is 36.6 Å². The maximum atomic E-state index is 14.0. The molecular formula is C24H23Cl2FN6O2. The molecule has 0 saturated heterocycles. The molecule has 3 heterocycles. The summed E-state index contributed by atoms with van der Waals surface area (Å²) in [5, 5.41) is 9.88. The van der Waals surface area contributed by atoms with Crippen LogP contribution < -0.4 is 10.5 Å². The van der Waals surface area contributed by atoms with E-state index in [1.54, 1.807) is 19.4 Å². The van der Waals surface area contributed by atoms with Crippen molar-refractivity contribution in [2.75, 3.05) is 32.9 Å². The highest BCUT2D eigenvalue weighted by Crippen LogP contribution is 2.41. The lowest BCUT2D eigenvalue weighted by Crippen LogP contribution is -2.42. The van der Waals surface area contributed by atoms with Gasteiger partial charge in [-0.15, -0.1) is 4.99 Å². The average Bonchev–Trinajstić information content (AvgIpc) is 3.26. The number of aliphatic imine (C=N–C) groups is 1. The quantitative estimate of drug-likeness (QED) is 0.211. The fraction of sp³-hybridized carbons (Fsp3) is 0.292. The van der Waals surface area contributed by atoms with E-state index >= 15 is 0 Å². The maximum absolute atomic E-state index is 14.0. The van der Waals surface area contributed by atoms with Crippen LogP contribution in [0.2, 0.25) is 10.0 Å². The minimum atomic E-state index is -0.722. The van der Waals surface area contributed by atoms with Crippen molar-refractivity contribution in [2.45, 2.75) is 19.4 Å². The summed E-state index contributed by atoms with van der Waals surface area (Å²) in [7, 11) is 3.70. The lowest BCUT2D eigenvalue weighted by molar-refractivity contribution is 0.227. The Morgan fingerprint density at radius 1 is 1.40 bits per heavy atom. The van der Waals surface area contributed by atoms with Crippen LogP contribution in [0.25, 0.3) is 16.5 Å². The van der Waals surface area contributed by atoms with Gasteiger partial charge in [0, 0.05) is 49.5 Å². The molecule has 2 N–H and O–H groups in total. The van der Waals surface area contributed by atoms with Crippen molar-refractivity contribution < 1.29 is 13.5 Å². The number of benzene rings is 1. The highest BCUT2D eigenvalue weighted by Gasteiger charge is 2.25. The lowest BCUT2D eigenvalue weighted by Gasteiger charge is -2.31. The van der Waals surface area contributed by atoms with Gasteiger partial charge < -0.3 is 24.7 Å².